The Morgan fingerprint density at radius 1 is 1.44 bits per heavy atom. The molecule has 0 aromatic rings. The first kappa shape index (κ1) is 13.9. The summed E-state index contributed by atoms with van der Waals surface area (Å²) in [5.74, 6) is 0.726. The smallest absolute Gasteiger partial charge is 0.0645 e. The van der Waals surface area contributed by atoms with E-state index in [-0.39, 0.29) is 5.54 Å². The highest BCUT2D eigenvalue weighted by atomic mass is 16.5. The van der Waals surface area contributed by atoms with E-state index in [1.165, 1.54) is 6.42 Å². The first-order valence-corrected chi connectivity index (χ1v) is 6.51. The van der Waals surface area contributed by atoms with Crippen molar-refractivity contribution in [2.24, 2.45) is 5.92 Å². The summed E-state index contributed by atoms with van der Waals surface area (Å²) in [4.78, 5) is 2.56. The molecule has 0 aliphatic carbocycles. The van der Waals surface area contributed by atoms with E-state index in [4.69, 9.17) is 4.74 Å². The Morgan fingerprint density at radius 3 is 2.62 bits per heavy atom. The minimum absolute atomic E-state index is 0.181. The lowest BCUT2D eigenvalue weighted by molar-refractivity contribution is -0.0563. The van der Waals surface area contributed by atoms with Gasteiger partial charge in [-0.25, -0.2) is 0 Å². The Hall–Kier alpha value is -0.120. The molecule has 0 spiro atoms. The molecule has 1 N–H and O–H groups in total. The molecule has 1 aliphatic heterocycles. The van der Waals surface area contributed by atoms with Crippen molar-refractivity contribution in [1.29, 1.82) is 0 Å². The zero-order valence-corrected chi connectivity index (χ0v) is 11.5. The molecule has 0 saturated carbocycles. The number of nitrogens with zero attached hydrogens (tertiary/aromatic N) is 1. The first-order valence-electron chi connectivity index (χ1n) is 6.51. The zero-order chi connectivity index (χ0) is 12.2. The summed E-state index contributed by atoms with van der Waals surface area (Å²) in [6.45, 7) is 13.0. The third-order valence-corrected chi connectivity index (χ3v) is 3.94. The molecule has 0 aromatic carbocycles. The van der Waals surface area contributed by atoms with Crippen molar-refractivity contribution in [3.8, 4) is 0 Å². The SMILES string of the molecule is CCC(C)C(CN1CCOCC1(C)C)NC. The average Bonchev–Trinajstić information content (AvgIpc) is 2.26. The van der Waals surface area contributed by atoms with Crippen molar-refractivity contribution >= 4 is 0 Å². The lowest BCUT2D eigenvalue weighted by Crippen LogP contribution is -2.57. The molecule has 0 radical (unpaired) electrons. The summed E-state index contributed by atoms with van der Waals surface area (Å²) in [5.41, 5.74) is 0.181. The lowest BCUT2D eigenvalue weighted by Gasteiger charge is -2.44. The molecule has 1 aliphatic rings. The highest BCUT2D eigenvalue weighted by Crippen LogP contribution is 2.20. The summed E-state index contributed by atoms with van der Waals surface area (Å²) in [7, 11) is 2.07. The van der Waals surface area contributed by atoms with Crippen LogP contribution in [0.5, 0.6) is 0 Å². The largest absolute Gasteiger partial charge is 0.378 e. The van der Waals surface area contributed by atoms with Crippen molar-refractivity contribution in [3.05, 3.63) is 0 Å². The van der Waals surface area contributed by atoms with Crippen LogP contribution in [0.15, 0.2) is 0 Å². The second kappa shape index (κ2) is 5.99. The molecule has 16 heavy (non-hydrogen) atoms. The standard InChI is InChI=1S/C13H28N2O/c1-6-11(2)12(14-5)9-15-7-8-16-10-13(15,3)4/h11-12,14H,6-10H2,1-5H3. The van der Waals surface area contributed by atoms with Gasteiger partial charge in [-0.3, -0.25) is 4.90 Å². The predicted molar refractivity (Wildman–Crippen MR) is 68.8 cm³/mol. The molecule has 0 amide bonds. The maximum Gasteiger partial charge on any atom is 0.0645 e. The van der Waals surface area contributed by atoms with E-state index < -0.39 is 0 Å². The Balaban J connectivity index is 2.56. The van der Waals surface area contributed by atoms with E-state index in [9.17, 15) is 0 Å². The van der Waals surface area contributed by atoms with Crippen LogP contribution < -0.4 is 5.32 Å². The molecule has 3 nitrogen and oxygen atoms in total. The Morgan fingerprint density at radius 2 is 2.12 bits per heavy atom. The van der Waals surface area contributed by atoms with E-state index in [0.717, 1.165) is 32.2 Å². The first-order chi connectivity index (χ1) is 7.51. The fraction of sp³-hybridized carbons (Fsp3) is 1.00. The van der Waals surface area contributed by atoms with E-state index in [1.54, 1.807) is 0 Å². The molecular weight excluding hydrogens is 200 g/mol. The molecule has 96 valence electrons. The van der Waals surface area contributed by atoms with Crippen molar-refractivity contribution in [2.75, 3.05) is 33.4 Å². The molecular formula is C13H28N2O. The average molecular weight is 228 g/mol. The summed E-state index contributed by atoms with van der Waals surface area (Å²) >= 11 is 0. The number of hydrogen-bond donors (Lipinski definition) is 1. The number of hydrogen-bond acceptors (Lipinski definition) is 3. The third kappa shape index (κ3) is 3.44. The molecule has 1 rings (SSSR count). The van der Waals surface area contributed by atoms with E-state index in [2.05, 4.69) is 45.0 Å². The molecule has 1 fully saturated rings. The number of morpholine rings is 1. The van der Waals surface area contributed by atoms with Gasteiger partial charge >= 0.3 is 0 Å². The molecule has 0 aromatic heterocycles. The van der Waals surface area contributed by atoms with E-state index in [0.29, 0.717) is 6.04 Å². The van der Waals surface area contributed by atoms with Crippen LogP contribution in [0.4, 0.5) is 0 Å². The van der Waals surface area contributed by atoms with Gasteiger partial charge in [0.2, 0.25) is 0 Å². The van der Waals surface area contributed by atoms with Crippen LogP contribution in [0, 0.1) is 5.92 Å². The van der Waals surface area contributed by atoms with Crippen molar-refractivity contribution in [2.45, 2.75) is 45.7 Å². The Kier molecular flexibility index (Phi) is 5.22. The fourth-order valence-electron chi connectivity index (χ4n) is 2.31. The second-order valence-electron chi connectivity index (χ2n) is 5.59. The molecule has 2 atom stereocenters. The van der Waals surface area contributed by atoms with Crippen LogP contribution in [-0.4, -0.2) is 49.8 Å². The monoisotopic (exact) mass is 228 g/mol. The van der Waals surface area contributed by atoms with Crippen LogP contribution in [0.3, 0.4) is 0 Å². The third-order valence-electron chi connectivity index (χ3n) is 3.94. The van der Waals surface area contributed by atoms with Crippen molar-refractivity contribution in [1.82, 2.24) is 10.2 Å². The molecule has 2 unspecified atom stereocenters. The molecule has 1 saturated heterocycles. The summed E-state index contributed by atoms with van der Waals surface area (Å²) in [5, 5.41) is 3.46. The molecule has 3 heteroatoms. The summed E-state index contributed by atoms with van der Waals surface area (Å²) in [6, 6.07) is 0.586. The maximum atomic E-state index is 5.55. The number of likely N-dealkylation sites (N-methyl/N-ethyl adjacent to an activating group) is 1. The van der Waals surface area contributed by atoms with Gasteiger partial charge in [0.05, 0.1) is 13.2 Å². The predicted octanol–water partition coefficient (Wildman–Crippen LogP) is 1.73. The highest BCUT2D eigenvalue weighted by molar-refractivity contribution is 4.88. The van der Waals surface area contributed by atoms with Crippen LogP contribution in [0.25, 0.3) is 0 Å². The number of rotatable bonds is 5. The normalized spacial score (nSPS) is 25.3. The topological polar surface area (TPSA) is 24.5 Å². The maximum absolute atomic E-state index is 5.55. The van der Waals surface area contributed by atoms with Gasteiger partial charge in [-0.2, -0.15) is 0 Å². The fourth-order valence-corrected chi connectivity index (χ4v) is 2.31. The van der Waals surface area contributed by atoms with E-state index >= 15 is 0 Å². The number of nitrogens with one attached hydrogen (secondary N) is 1. The molecule has 0 bridgehead atoms. The Bertz CT molecular complexity index is 206. The van der Waals surface area contributed by atoms with Crippen LogP contribution in [0.2, 0.25) is 0 Å². The van der Waals surface area contributed by atoms with Gasteiger partial charge in [-0.15, -0.1) is 0 Å². The van der Waals surface area contributed by atoms with E-state index in [1.807, 2.05) is 0 Å². The summed E-state index contributed by atoms with van der Waals surface area (Å²) < 4.78 is 5.55. The van der Waals surface area contributed by atoms with Crippen LogP contribution >= 0.6 is 0 Å². The van der Waals surface area contributed by atoms with Crippen LogP contribution in [-0.2, 0) is 4.74 Å². The van der Waals surface area contributed by atoms with Gasteiger partial charge in [0, 0.05) is 24.7 Å². The van der Waals surface area contributed by atoms with Gasteiger partial charge in [0.25, 0.3) is 0 Å². The Labute approximate surface area is 101 Å². The molecule has 1 heterocycles. The summed E-state index contributed by atoms with van der Waals surface area (Å²) in [6.07, 6.45) is 1.23. The van der Waals surface area contributed by atoms with Crippen molar-refractivity contribution in [3.63, 3.8) is 0 Å². The quantitative estimate of drug-likeness (QED) is 0.775. The lowest BCUT2D eigenvalue weighted by atomic mass is 9.95. The van der Waals surface area contributed by atoms with Crippen LogP contribution in [0.1, 0.15) is 34.1 Å². The van der Waals surface area contributed by atoms with Crippen molar-refractivity contribution < 1.29 is 4.74 Å². The minimum atomic E-state index is 0.181. The second-order valence-corrected chi connectivity index (χ2v) is 5.59. The van der Waals surface area contributed by atoms with Gasteiger partial charge < -0.3 is 10.1 Å². The van der Waals surface area contributed by atoms with Gasteiger partial charge in [0.1, 0.15) is 0 Å². The van der Waals surface area contributed by atoms with Gasteiger partial charge in [-0.1, -0.05) is 20.3 Å². The minimum Gasteiger partial charge on any atom is -0.378 e. The highest BCUT2D eigenvalue weighted by Gasteiger charge is 2.32. The zero-order valence-electron chi connectivity index (χ0n) is 11.5. The van der Waals surface area contributed by atoms with Gasteiger partial charge in [0.15, 0.2) is 0 Å². The number of ether oxygens (including phenoxy) is 1. The van der Waals surface area contributed by atoms with Gasteiger partial charge in [-0.05, 0) is 26.8 Å².